The molecular weight excluding hydrogens is 480 g/mol. The van der Waals surface area contributed by atoms with Crippen LogP contribution < -0.4 is 15.0 Å². The van der Waals surface area contributed by atoms with E-state index in [-0.39, 0.29) is 17.6 Å². The number of hydrogen-bond acceptors (Lipinski definition) is 6. The Hall–Kier alpha value is -4.33. The van der Waals surface area contributed by atoms with Gasteiger partial charge < -0.3 is 25.0 Å². The second-order valence-corrected chi connectivity index (χ2v) is 9.08. The van der Waals surface area contributed by atoms with Crippen molar-refractivity contribution in [2.24, 2.45) is 0 Å². The molecule has 1 aromatic carbocycles. The van der Waals surface area contributed by atoms with Gasteiger partial charge in [-0.25, -0.2) is 9.78 Å². The number of rotatable bonds is 9. The molecule has 1 amide bonds. The average molecular weight is 517 g/mol. The van der Waals surface area contributed by atoms with E-state index in [2.05, 4.69) is 22.4 Å². The van der Waals surface area contributed by atoms with Crippen LogP contribution in [-0.4, -0.2) is 60.3 Å². The molecule has 2 N–H and O–H groups in total. The Morgan fingerprint density at radius 2 is 1.92 bits per heavy atom. The lowest BCUT2D eigenvalue weighted by Crippen LogP contribution is -2.43. The summed E-state index contributed by atoms with van der Waals surface area (Å²) >= 11 is 0. The molecule has 2 heterocycles. The predicted octanol–water partition coefficient (Wildman–Crippen LogP) is 4.75. The van der Waals surface area contributed by atoms with E-state index in [0.29, 0.717) is 36.7 Å². The Bertz CT molecular complexity index is 1250. The first-order valence-electron chi connectivity index (χ1n) is 12.7. The number of aromatic carboxylic acids is 1. The zero-order chi connectivity index (χ0) is 27.5. The zero-order valence-corrected chi connectivity index (χ0v) is 22.4. The number of likely N-dealkylation sites (N-methyl/N-ethyl adjacent to an activating group) is 1. The van der Waals surface area contributed by atoms with Crippen molar-refractivity contribution in [3.05, 3.63) is 101 Å². The molecule has 0 fully saturated rings. The summed E-state index contributed by atoms with van der Waals surface area (Å²) in [7, 11) is 3.48. The van der Waals surface area contributed by atoms with Gasteiger partial charge in [0.1, 0.15) is 17.7 Å². The zero-order valence-electron chi connectivity index (χ0n) is 22.4. The van der Waals surface area contributed by atoms with Crippen LogP contribution in [0.1, 0.15) is 45.2 Å². The summed E-state index contributed by atoms with van der Waals surface area (Å²) in [6.45, 7) is 4.98. The first-order chi connectivity index (χ1) is 18.3. The number of ether oxygens (including phenoxy) is 1. The Morgan fingerprint density at radius 3 is 2.66 bits per heavy atom. The third-order valence-electron chi connectivity index (χ3n) is 5.93. The van der Waals surface area contributed by atoms with Crippen LogP contribution in [0.3, 0.4) is 0 Å². The molecule has 0 bridgehead atoms. The SMILES string of the molecule is CCN(c1ncc(CCOc2ccccc(C(=O)O)ccc(C)c2)cc1C(=O)N(C)C)C1C=CCC=CN1. The molecule has 0 saturated carbocycles. The number of hydrogen-bond donors (Lipinski definition) is 2. The van der Waals surface area contributed by atoms with E-state index in [1.807, 2.05) is 38.3 Å². The molecule has 0 saturated heterocycles. The van der Waals surface area contributed by atoms with Crippen LogP contribution in [0.2, 0.25) is 0 Å². The van der Waals surface area contributed by atoms with E-state index in [4.69, 9.17) is 9.72 Å². The van der Waals surface area contributed by atoms with Gasteiger partial charge in [-0.05, 0) is 74.0 Å². The molecule has 0 radical (unpaired) electrons. The molecule has 3 rings (SSSR count). The molecule has 0 aliphatic carbocycles. The number of carbonyl (C=O) groups is 2. The topological polar surface area (TPSA) is 95.0 Å². The molecule has 1 aliphatic rings. The monoisotopic (exact) mass is 516 g/mol. The molecule has 1 unspecified atom stereocenters. The van der Waals surface area contributed by atoms with Gasteiger partial charge >= 0.3 is 5.97 Å². The summed E-state index contributed by atoms with van der Waals surface area (Å²) < 4.78 is 6.02. The number of aryl methyl sites for hydroxylation is 1. The Labute approximate surface area is 224 Å². The minimum atomic E-state index is -0.979. The van der Waals surface area contributed by atoms with E-state index in [0.717, 1.165) is 17.5 Å². The first kappa shape index (κ1) is 28.2. The normalized spacial score (nSPS) is 14.1. The van der Waals surface area contributed by atoms with Gasteiger partial charge in [0, 0.05) is 33.3 Å². The first-order valence-corrected chi connectivity index (χ1v) is 12.7. The molecule has 1 atom stereocenters. The van der Waals surface area contributed by atoms with Crippen molar-refractivity contribution in [3.63, 3.8) is 0 Å². The van der Waals surface area contributed by atoms with Gasteiger partial charge in [0.05, 0.1) is 17.7 Å². The number of amides is 1. The largest absolute Gasteiger partial charge is 0.493 e. The maximum Gasteiger partial charge on any atom is 0.335 e. The van der Waals surface area contributed by atoms with Crippen molar-refractivity contribution in [2.45, 2.75) is 32.9 Å². The highest BCUT2D eigenvalue weighted by atomic mass is 16.5. The molecular formula is C30H36N4O4. The van der Waals surface area contributed by atoms with E-state index in [9.17, 15) is 14.7 Å². The van der Waals surface area contributed by atoms with Gasteiger partial charge in [-0.15, -0.1) is 0 Å². The van der Waals surface area contributed by atoms with Crippen LogP contribution in [0, 0.1) is 6.92 Å². The van der Waals surface area contributed by atoms with Crippen LogP contribution in [0.15, 0.2) is 79.2 Å². The van der Waals surface area contributed by atoms with E-state index in [1.165, 1.54) is 6.07 Å². The maximum atomic E-state index is 13.1. The van der Waals surface area contributed by atoms with E-state index < -0.39 is 5.97 Å². The third kappa shape index (κ3) is 7.83. The second kappa shape index (κ2) is 13.8. The van der Waals surface area contributed by atoms with Crippen LogP contribution in [-0.2, 0) is 6.42 Å². The van der Waals surface area contributed by atoms with Crippen molar-refractivity contribution in [2.75, 3.05) is 32.1 Å². The summed E-state index contributed by atoms with van der Waals surface area (Å²) in [6.07, 6.45) is 11.3. The number of nitrogens with zero attached hydrogens (tertiary/aromatic N) is 3. The second-order valence-electron chi connectivity index (χ2n) is 9.08. The van der Waals surface area contributed by atoms with Gasteiger partial charge in [0.2, 0.25) is 0 Å². The summed E-state index contributed by atoms with van der Waals surface area (Å²) in [5, 5.41) is 12.6. The minimum absolute atomic E-state index is 0.104. The fourth-order valence-electron chi connectivity index (χ4n) is 3.94. The summed E-state index contributed by atoms with van der Waals surface area (Å²) in [5.41, 5.74) is 2.50. The maximum absolute atomic E-state index is 13.1. The quantitative estimate of drug-likeness (QED) is 0.465. The van der Waals surface area contributed by atoms with E-state index >= 15 is 0 Å². The molecule has 2 aromatic rings. The average Bonchev–Trinajstić information content (AvgIpc) is 3.18. The number of allylic oxidation sites excluding steroid dienone is 2. The highest BCUT2D eigenvalue weighted by molar-refractivity contribution is 5.99. The smallest absolute Gasteiger partial charge is 0.335 e. The minimum Gasteiger partial charge on any atom is -0.493 e. The number of anilines is 1. The molecule has 1 aliphatic heterocycles. The number of carbonyl (C=O) groups excluding carboxylic acids is 1. The van der Waals surface area contributed by atoms with Gasteiger partial charge in [0.25, 0.3) is 5.91 Å². The van der Waals surface area contributed by atoms with Crippen LogP contribution in [0.4, 0.5) is 5.82 Å². The van der Waals surface area contributed by atoms with Crippen molar-refractivity contribution in [1.29, 1.82) is 0 Å². The summed E-state index contributed by atoms with van der Waals surface area (Å²) in [6, 6.07) is 13.8. The van der Waals surface area contributed by atoms with Crippen molar-refractivity contribution in [3.8, 4) is 5.75 Å². The van der Waals surface area contributed by atoms with E-state index in [1.54, 1.807) is 55.5 Å². The van der Waals surface area contributed by atoms with Gasteiger partial charge in [0.15, 0.2) is 0 Å². The van der Waals surface area contributed by atoms with Crippen LogP contribution in [0.25, 0.3) is 0 Å². The van der Waals surface area contributed by atoms with Gasteiger partial charge in [-0.1, -0.05) is 30.4 Å². The Kier molecular flexibility index (Phi) is 10.3. The van der Waals surface area contributed by atoms with Gasteiger partial charge in [-0.2, -0.15) is 0 Å². The number of carboxylic acids is 1. The third-order valence-corrected chi connectivity index (χ3v) is 5.93. The molecule has 200 valence electrons. The lowest BCUT2D eigenvalue weighted by atomic mass is 10.1. The molecule has 1 aromatic heterocycles. The lowest BCUT2D eigenvalue weighted by molar-refractivity contribution is 0.0696. The highest BCUT2D eigenvalue weighted by Crippen LogP contribution is 2.23. The molecule has 38 heavy (non-hydrogen) atoms. The molecule has 8 heteroatoms. The number of pyridine rings is 1. The summed E-state index contributed by atoms with van der Waals surface area (Å²) in [4.78, 5) is 32.8. The fourth-order valence-corrected chi connectivity index (χ4v) is 3.94. The number of aromatic nitrogens is 1. The Balaban J connectivity index is 1.82. The fraction of sp³-hybridized carbons (Fsp3) is 0.300. The summed E-state index contributed by atoms with van der Waals surface area (Å²) in [5.74, 6) is 0.197. The Morgan fingerprint density at radius 1 is 1.13 bits per heavy atom. The van der Waals surface area contributed by atoms with Crippen molar-refractivity contribution >= 4 is 17.7 Å². The van der Waals surface area contributed by atoms with Crippen LogP contribution in [0.5, 0.6) is 5.75 Å². The highest BCUT2D eigenvalue weighted by Gasteiger charge is 2.23. The van der Waals surface area contributed by atoms with Gasteiger partial charge in [-0.3, -0.25) is 4.79 Å². The number of nitrogens with one attached hydrogen (secondary N) is 1. The van der Waals surface area contributed by atoms with Crippen molar-refractivity contribution < 1.29 is 19.4 Å². The van der Waals surface area contributed by atoms with Crippen LogP contribution >= 0.6 is 0 Å². The molecule has 0 spiro atoms. The molecule has 8 nitrogen and oxygen atoms in total. The lowest BCUT2D eigenvalue weighted by Gasteiger charge is -2.31. The standard InChI is InChI=1S/C30H36N4O4/c1-5-34(27-13-7-6-10-17-31-27)28-26(29(35)33(3)4)20-23(21-32-28)16-18-38-25-12-9-8-11-24(30(36)37)15-14-22(2)19-25/h7-15,17,19-21,27,31H,5-6,16,18H2,1-4H3,(H,36,37). The number of carboxylic acid groups (broad SMARTS) is 1. The van der Waals surface area contributed by atoms with Crippen molar-refractivity contribution in [1.82, 2.24) is 15.2 Å². The predicted molar refractivity (Wildman–Crippen MR) is 150 cm³/mol.